The third kappa shape index (κ3) is 1.89. The third-order valence-corrected chi connectivity index (χ3v) is 2.60. The Kier molecular flexibility index (Phi) is 2.25. The Labute approximate surface area is 86.7 Å². The minimum Gasteiger partial charge on any atom is -0.232 e. The lowest BCUT2D eigenvalue weighted by Gasteiger charge is -2.07. The standard InChI is InChI=1S/C8H6BrF3N2/c9-5-3-13-7(8(10,11)12)14-6(5)4-1-2-4/h3-4H,1-2H2. The summed E-state index contributed by atoms with van der Waals surface area (Å²) in [5.41, 5.74) is 0.479. The van der Waals surface area contributed by atoms with E-state index in [-0.39, 0.29) is 5.92 Å². The first kappa shape index (κ1) is 9.89. The molecule has 1 heterocycles. The molecule has 0 atom stereocenters. The first-order chi connectivity index (χ1) is 6.48. The maximum absolute atomic E-state index is 12.2. The molecule has 1 aromatic rings. The molecule has 0 unspecified atom stereocenters. The fourth-order valence-corrected chi connectivity index (χ4v) is 1.67. The number of hydrogen-bond acceptors (Lipinski definition) is 2. The highest BCUT2D eigenvalue weighted by molar-refractivity contribution is 9.10. The van der Waals surface area contributed by atoms with Crippen molar-refractivity contribution in [2.75, 3.05) is 0 Å². The Hall–Kier alpha value is -0.650. The van der Waals surface area contributed by atoms with Crippen molar-refractivity contribution in [1.82, 2.24) is 9.97 Å². The summed E-state index contributed by atoms with van der Waals surface area (Å²) in [7, 11) is 0. The van der Waals surface area contributed by atoms with Crippen LogP contribution in [0.2, 0.25) is 0 Å². The molecule has 0 bridgehead atoms. The fourth-order valence-electron chi connectivity index (χ4n) is 1.16. The Morgan fingerprint density at radius 2 is 2.00 bits per heavy atom. The van der Waals surface area contributed by atoms with Gasteiger partial charge in [0.15, 0.2) is 0 Å². The van der Waals surface area contributed by atoms with Gasteiger partial charge in [-0.2, -0.15) is 13.2 Å². The van der Waals surface area contributed by atoms with Crippen molar-refractivity contribution in [2.45, 2.75) is 24.9 Å². The van der Waals surface area contributed by atoms with E-state index in [1.165, 1.54) is 6.20 Å². The maximum Gasteiger partial charge on any atom is 0.451 e. The third-order valence-electron chi connectivity index (χ3n) is 1.99. The average molecular weight is 267 g/mol. The number of alkyl halides is 3. The lowest BCUT2D eigenvalue weighted by molar-refractivity contribution is -0.145. The molecule has 0 N–H and O–H groups in total. The zero-order valence-corrected chi connectivity index (χ0v) is 8.56. The van der Waals surface area contributed by atoms with E-state index in [4.69, 9.17) is 0 Å². The van der Waals surface area contributed by atoms with E-state index in [0.29, 0.717) is 10.2 Å². The number of nitrogens with zero attached hydrogens (tertiary/aromatic N) is 2. The van der Waals surface area contributed by atoms with Crippen LogP contribution in [0.15, 0.2) is 10.7 Å². The highest BCUT2D eigenvalue weighted by atomic mass is 79.9. The average Bonchev–Trinajstić information content (AvgIpc) is 2.85. The molecule has 2 nitrogen and oxygen atoms in total. The van der Waals surface area contributed by atoms with E-state index in [0.717, 1.165) is 12.8 Å². The molecule has 2 rings (SSSR count). The number of rotatable bonds is 1. The molecule has 0 aliphatic heterocycles. The highest BCUT2D eigenvalue weighted by Crippen LogP contribution is 2.42. The molecular weight excluding hydrogens is 261 g/mol. The van der Waals surface area contributed by atoms with Crippen molar-refractivity contribution >= 4 is 15.9 Å². The van der Waals surface area contributed by atoms with Gasteiger partial charge in [-0.25, -0.2) is 9.97 Å². The van der Waals surface area contributed by atoms with Gasteiger partial charge in [0.05, 0.1) is 10.2 Å². The number of aromatic nitrogens is 2. The summed E-state index contributed by atoms with van der Waals surface area (Å²) < 4.78 is 37.3. The molecule has 14 heavy (non-hydrogen) atoms. The van der Waals surface area contributed by atoms with E-state index in [1.54, 1.807) is 0 Å². The summed E-state index contributed by atoms with van der Waals surface area (Å²) in [6.45, 7) is 0. The van der Waals surface area contributed by atoms with Gasteiger partial charge in [0.2, 0.25) is 5.82 Å². The second-order valence-corrected chi connectivity index (χ2v) is 4.05. The van der Waals surface area contributed by atoms with Crippen LogP contribution in [0.1, 0.15) is 30.3 Å². The molecule has 0 saturated heterocycles. The summed E-state index contributed by atoms with van der Waals surface area (Å²) in [6, 6.07) is 0. The van der Waals surface area contributed by atoms with E-state index in [9.17, 15) is 13.2 Å². The fraction of sp³-hybridized carbons (Fsp3) is 0.500. The Morgan fingerprint density at radius 1 is 1.36 bits per heavy atom. The number of halogens is 4. The van der Waals surface area contributed by atoms with Crippen molar-refractivity contribution in [3.05, 3.63) is 22.2 Å². The molecule has 0 amide bonds. The summed E-state index contributed by atoms with van der Waals surface area (Å²) in [5, 5.41) is 0. The van der Waals surface area contributed by atoms with Crippen LogP contribution in [0, 0.1) is 0 Å². The normalized spacial score (nSPS) is 17.1. The lowest BCUT2D eigenvalue weighted by Crippen LogP contribution is -2.12. The van der Waals surface area contributed by atoms with Crippen LogP contribution in [0.5, 0.6) is 0 Å². The van der Waals surface area contributed by atoms with E-state index < -0.39 is 12.0 Å². The van der Waals surface area contributed by atoms with Gasteiger partial charge in [0.25, 0.3) is 0 Å². The molecule has 1 aliphatic carbocycles. The Morgan fingerprint density at radius 3 is 2.50 bits per heavy atom. The minimum absolute atomic E-state index is 0.175. The quantitative estimate of drug-likeness (QED) is 0.781. The molecule has 6 heteroatoms. The van der Waals surface area contributed by atoms with Crippen LogP contribution in [-0.2, 0) is 6.18 Å². The molecule has 0 radical (unpaired) electrons. The topological polar surface area (TPSA) is 25.8 Å². The van der Waals surface area contributed by atoms with Crippen LogP contribution < -0.4 is 0 Å². The maximum atomic E-state index is 12.2. The first-order valence-electron chi connectivity index (χ1n) is 4.08. The van der Waals surface area contributed by atoms with Crippen LogP contribution in [0.25, 0.3) is 0 Å². The van der Waals surface area contributed by atoms with Crippen LogP contribution in [-0.4, -0.2) is 9.97 Å². The predicted octanol–water partition coefficient (Wildman–Crippen LogP) is 3.14. The summed E-state index contributed by atoms with van der Waals surface area (Å²) in [6.07, 6.45) is -1.46. The second-order valence-electron chi connectivity index (χ2n) is 3.20. The highest BCUT2D eigenvalue weighted by Gasteiger charge is 2.37. The van der Waals surface area contributed by atoms with E-state index in [1.807, 2.05) is 0 Å². The molecule has 0 aromatic carbocycles. The second kappa shape index (κ2) is 3.18. The van der Waals surface area contributed by atoms with Gasteiger partial charge in [-0.1, -0.05) is 0 Å². The minimum atomic E-state index is -4.45. The van der Waals surface area contributed by atoms with Crippen LogP contribution in [0.4, 0.5) is 13.2 Å². The van der Waals surface area contributed by atoms with Crippen molar-refractivity contribution in [1.29, 1.82) is 0 Å². The van der Waals surface area contributed by atoms with Crippen LogP contribution in [0.3, 0.4) is 0 Å². The van der Waals surface area contributed by atoms with Crippen LogP contribution >= 0.6 is 15.9 Å². The van der Waals surface area contributed by atoms with Gasteiger partial charge < -0.3 is 0 Å². The zero-order valence-electron chi connectivity index (χ0n) is 6.98. The number of hydrogen-bond donors (Lipinski definition) is 0. The summed E-state index contributed by atoms with van der Waals surface area (Å²) in [5.74, 6) is -0.879. The first-order valence-corrected chi connectivity index (χ1v) is 4.87. The lowest BCUT2D eigenvalue weighted by atomic mass is 10.3. The van der Waals surface area contributed by atoms with E-state index >= 15 is 0 Å². The smallest absolute Gasteiger partial charge is 0.232 e. The van der Waals surface area contributed by atoms with Gasteiger partial charge in [-0.05, 0) is 28.8 Å². The molecular formula is C8H6BrF3N2. The summed E-state index contributed by atoms with van der Waals surface area (Å²) in [4.78, 5) is 6.76. The predicted molar refractivity (Wildman–Crippen MR) is 46.7 cm³/mol. The van der Waals surface area contributed by atoms with Gasteiger partial charge in [0, 0.05) is 12.1 Å². The SMILES string of the molecule is FC(F)(F)c1ncc(Br)c(C2CC2)n1. The molecule has 1 aromatic heterocycles. The van der Waals surface area contributed by atoms with Gasteiger partial charge in [0.1, 0.15) is 0 Å². The molecule has 76 valence electrons. The van der Waals surface area contributed by atoms with Crippen molar-refractivity contribution in [3.8, 4) is 0 Å². The Balaban J connectivity index is 2.40. The zero-order chi connectivity index (χ0) is 10.3. The van der Waals surface area contributed by atoms with Gasteiger partial charge in [-0.3, -0.25) is 0 Å². The van der Waals surface area contributed by atoms with Gasteiger partial charge >= 0.3 is 6.18 Å². The molecule has 0 spiro atoms. The molecule has 1 saturated carbocycles. The van der Waals surface area contributed by atoms with Crippen molar-refractivity contribution in [2.24, 2.45) is 0 Å². The molecule has 1 fully saturated rings. The van der Waals surface area contributed by atoms with E-state index in [2.05, 4.69) is 25.9 Å². The molecule has 1 aliphatic rings. The van der Waals surface area contributed by atoms with Crippen molar-refractivity contribution < 1.29 is 13.2 Å². The summed E-state index contributed by atoms with van der Waals surface area (Å²) >= 11 is 3.15. The Bertz CT molecular complexity index is 360. The largest absolute Gasteiger partial charge is 0.451 e. The van der Waals surface area contributed by atoms with Gasteiger partial charge in [-0.15, -0.1) is 0 Å². The monoisotopic (exact) mass is 266 g/mol. The van der Waals surface area contributed by atoms with Crippen molar-refractivity contribution in [3.63, 3.8) is 0 Å².